The van der Waals surface area contributed by atoms with Crippen LogP contribution in [0, 0.1) is 0 Å². The van der Waals surface area contributed by atoms with Gasteiger partial charge in [0.15, 0.2) is 0 Å². The van der Waals surface area contributed by atoms with E-state index in [1.807, 2.05) is 6.07 Å². The Kier molecular flexibility index (Phi) is 3.86. The molecular formula is C15H12O3. The molecule has 0 aliphatic heterocycles. The minimum Gasteiger partial charge on any atom is -0.457 e. The fourth-order valence-corrected chi connectivity index (χ4v) is 1.50. The van der Waals surface area contributed by atoms with Crippen molar-refractivity contribution in [3.8, 4) is 0 Å². The summed E-state index contributed by atoms with van der Waals surface area (Å²) in [4.78, 5) is 22.1. The van der Waals surface area contributed by atoms with Gasteiger partial charge in [0, 0.05) is 5.56 Å². The molecule has 2 rings (SSSR count). The topological polar surface area (TPSA) is 43.4 Å². The van der Waals surface area contributed by atoms with Crippen molar-refractivity contribution in [2.75, 3.05) is 0 Å². The maximum atomic E-state index is 11.7. The highest BCUT2D eigenvalue weighted by Gasteiger charge is 2.05. The zero-order valence-electron chi connectivity index (χ0n) is 9.71. The molecule has 0 bridgehead atoms. The number of hydrogen-bond acceptors (Lipinski definition) is 3. The van der Waals surface area contributed by atoms with E-state index in [0.29, 0.717) is 11.1 Å². The van der Waals surface area contributed by atoms with Crippen molar-refractivity contribution in [1.82, 2.24) is 0 Å². The molecule has 0 aliphatic rings. The lowest BCUT2D eigenvalue weighted by Gasteiger charge is -2.04. The van der Waals surface area contributed by atoms with Crippen molar-refractivity contribution in [2.45, 2.75) is 6.61 Å². The molecule has 0 unspecified atom stereocenters. The quantitative estimate of drug-likeness (QED) is 0.609. The van der Waals surface area contributed by atoms with Gasteiger partial charge in [0.05, 0.1) is 5.56 Å². The minimum absolute atomic E-state index is 0.201. The van der Waals surface area contributed by atoms with Crippen LogP contribution in [0.2, 0.25) is 0 Å². The second-order valence-corrected chi connectivity index (χ2v) is 3.80. The largest absolute Gasteiger partial charge is 0.457 e. The highest BCUT2D eigenvalue weighted by molar-refractivity contribution is 5.89. The summed E-state index contributed by atoms with van der Waals surface area (Å²) in [6.07, 6.45) is 0.778. The first-order valence-corrected chi connectivity index (χ1v) is 5.56. The average Bonchev–Trinajstić information content (AvgIpc) is 2.46. The van der Waals surface area contributed by atoms with Gasteiger partial charge >= 0.3 is 5.97 Å². The smallest absolute Gasteiger partial charge is 0.338 e. The van der Waals surface area contributed by atoms with E-state index < -0.39 is 0 Å². The van der Waals surface area contributed by atoms with E-state index in [4.69, 9.17) is 4.74 Å². The summed E-state index contributed by atoms with van der Waals surface area (Å²) in [6, 6.07) is 15.7. The number of rotatable bonds is 4. The molecule has 0 saturated heterocycles. The van der Waals surface area contributed by atoms with E-state index in [1.54, 1.807) is 48.5 Å². The third-order valence-electron chi connectivity index (χ3n) is 2.50. The molecule has 3 nitrogen and oxygen atoms in total. The zero-order chi connectivity index (χ0) is 12.8. The van der Waals surface area contributed by atoms with Crippen LogP contribution in [0.1, 0.15) is 26.3 Å². The van der Waals surface area contributed by atoms with Gasteiger partial charge in [0.2, 0.25) is 0 Å². The van der Waals surface area contributed by atoms with Gasteiger partial charge in [-0.15, -0.1) is 0 Å². The average molecular weight is 240 g/mol. The molecular weight excluding hydrogens is 228 g/mol. The summed E-state index contributed by atoms with van der Waals surface area (Å²) >= 11 is 0. The summed E-state index contributed by atoms with van der Waals surface area (Å²) in [5.74, 6) is -0.352. The summed E-state index contributed by atoms with van der Waals surface area (Å²) in [7, 11) is 0. The van der Waals surface area contributed by atoms with Crippen molar-refractivity contribution in [3.63, 3.8) is 0 Å². The lowest BCUT2D eigenvalue weighted by molar-refractivity contribution is 0.0472. The molecule has 0 saturated carbocycles. The Morgan fingerprint density at radius 3 is 2.28 bits per heavy atom. The Bertz CT molecular complexity index is 529. The number of esters is 1. The lowest BCUT2D eigenvalue weighted by atomic mass is 10.1. The van der Waals surface area contributed by atoms with Crippen molar-refractivity contribution in [2.24, 2.45) is 0 Å². The van der Waals surface area contributed by atoms with Gasteiger partial charge in [-0.05, 0) is 17.7 Å². The third-order valence-corrected chi connectivity index (χ3v) is 2.50. The molecule has 0 atom stereocenters. The maximum absolute atomic E-state index is 11.7. The Labute approximate surface area is 105 Å². The molecule has 90 valence electrons. The van der Waals surface area contributed by atoms with Crippen molar-refractivity contribution >= 4 is 12.3 Å². The Morgan fingerprint density at radius 2 is 1.67 bits per heavy atom. The van der Waals surface area contributed by atoms with E-state index in [-0.39, 0.29) is 12.6 Å². The fourth-order valence-electron chi connectivity index (χ4n) is 1.50. The number of carbonyl (C=O) groups excluding carboxylic acids is 2. The number of carbonyl (C=O) groups is 2. The van der Waals surface area contributed by atoms with Gasteiger partial charge in [-0.2, -0.15) is 0 Å². The number of aldehydes is 1. The van der Waals surface area contributed by atoms with E-state index in [9.17, 15) is 9.59 Å². The summed E-state index contributed by atoms with van der Waals surface area (Å²) in [6.45, 7) is 0.201. The second-order valence-electron chi connectivity index (χ2n) is 3.80. The summed E-state index contributed by atoms with van der Waals surface area (Å²) in [5.41, 5.74) is 1.99. The predicted molar refractivity (Wildman–Crippen MR) is 67.4 cm³/mol. The molecule has 0 N–H and O–H groups in total. The number of hydrogen-bond donors (Lipinski definition) is 0. The molecule has 0 amide bonds. The maximum Gasteiger partial charge on any atom is 0.338 e. The van der Waals surface area contributed by atoms with Gasteiger partial charge in [0.1, 0.15) is 12.9 Å². The first-order chi connectivity index (χ1) is 8.79. The van der Waals surface area contributed by atoms with Crippen LogP contribution in [0.25, 0.3) is 0 Å². The minimum atomic E-state index is -0.352. The van der Waals surface area contributed by atoms with Crippen LogP contribution >= 0.6 is 0 Å². The van der Waals surface area contributed by atoms with Gasteiger partial charge in [-0.3, -0.25) is 4.79 Å². The van der Waals surface area contributed by atoms with Gasteiger partial charge < -0.3 is 4.74 Å². The van der Waals surface area contributed by atoms with Crippen LogP contribution < -0.4 is 0 Å². The van der Waals surface area contributed by atoms with Gasteiger partial charge in [0.25, 0.3) is 0 Å². The third kappa shape index (κ3) is 3.04. The van der Waals surface area contributed by atoms with Crippen LogP contribution in [-0.4, -0.2) is 12.3 Å². The standard InChI is InChI=1S/C15H12O3/c16-10-12-6-8-13(9-7-12)11-18-15(17)14-4-2-1-3-5-14/h1-10H,11H2. The normalized spacial score (nSPS) is 9.78. The number of benzene rings is 2. The molecule has 0 aliphatic carbocycles. The van der Waals surface area contributed by atoms with E-state index in [1.165, 1.54) is 0 Å². The van der Waals surface area contributed by atoms with Gasteiger partial charge in [-0.25, -0.2) is 4.79 Å². The predicted octanol–water partition coefficient (Wildman–Crippen LogP) is 2.86. The van der Waals surface area contributed by atoms with Crippen molar-refractivity contribution in [1.29, 1.82) is 0 Å². The van der Waals surface area contributed by atoms with Crippen LogP contribution in [-0.2, 0) is 11.3 Å². The SMILES string of the molecule is O=Cc1ccc(COC(=O)c2ccccc2)cc1. The molecule has 18 heavy (non-hydrogen) atoms. The second kappa shape index (κ2) is 5.77. The van der Waals surface area contributed by atoms with E-state index in [2.05, 4.69) is 0 Å². The fraction of sp³-hybridized carbons (Fsp3) is 0.0667. The zero-order valence-corrected chi connectivity index (χ0v) is 9.71. The molecule has 0 fully saturated rings. The molecule has 0 heterocycles. The monoisotopic (exact) mass is 240 g/mol. The van der Waals surface area contributed by atoms with Crippen LogP contribution in [0.15, 0.2) is 54.6 Å². The first-order valence-electron chi connectivity index (χ1n) is 5.56. The van der Waals surface area contributed by atoms with Crippen LogP contribution in [0.5, 0.6) is 0 Å². The summed E-state index contributed by atoms with van der Waals surface area (Å²) in [5, 5.41) is 0. The molecule has 2 aromatic carbocycles. The van der Waals surface area contributed by atoms with E-state index in [0.717, 1.165) is 11.8 Å². The van der Waals surface area contributed by atoms with Gasteiger partial charge in [-0.1, -0.05) is 42.5 Å². The lowest BCUT2D eigenvalue weighted by Crippen LogP contribution is -2.04. The molecule has 0 spiro atoms. The Balaban J connectivity index is 1.95. The van der Waals surface area contributed by atoms with Crippen LogP contribution in [0.4, 0.5) is 0 Å². The number of ether oxygens (including phenoxy) is 1. The molecule has 2 aromatic rings. The van der Waals surface area contributed by atoms with E-state index >= 15 is 0 Å². The summed E-state index contributed by atoms with van der Waals surface area (Å²) < 4.78 is 5.16. The first kappa shape index (κ1) is 12.0. The molecule has 0 radical (unpaired) electrons. The molecule has 0 aromatic heterocycles. The Morgan fingerprint density at radius 1 is 1.00 bits per heavy atom. The highest BCUT2D eigenvalue weighted by Crippen LogP contribution is 2.07. The van der Waals surface area contributed by atoms with Crippen molar-refractivity contribution < 1.29 is 14.3 Å². The molecule has 3 heteroatoms. The van der Waals surface area contributed by atoms with Crippen molar-refractivity contribution in [3.05, 3.63) is 71.3 Å². The highest BCUT2D eigenvalue weighted by atomic mass is 16.5. The van der Waals surface area contributed by atoms with Crippen LogP contribution in [0.3, 0.4) is 0 Å². The Hall–Kier alpha value is -2.42.